The van der Waals surface area contributed by atoms with Gasteiger partial charge in [-0.1, -0.05) is 18.1 Å². The highest BCUT2D eigenvalue weighted by Crippen LogP contribution is 2.43. The van der Waals surface area contributed by atoms with Gasteiger partial charge >= 0.3 is 6.18 Å². The molecule has 1 aromatic heterocycles. The smallest absolute Gasteiger partial charge is 0.416 e. The molecule has 0 atom stereocenters. The summed E-state index contributed by atoms with van der Waals surface area (Å²) in [5.74, 6) is 0.795. The molecule has 5 nitrogen and oxygen atoms in total. The molecule has 1 aromatic carbocycles. The average molecular weight is 500 g/mol. The molecule has 5 rings (SSSR count). The quantitative estimate of drug-likeness (QED) is 0.559. The number of ether oxygens (including phenoxy) is 1. The van der Waals surface area contributed by atoms with E-state index in [1.165, 1.54) is 28.5 Å². The van der Waals surface area contributed by atoms with E-state index in [9.17, 15) is 18.0 Å². The van der Waals surface area contributed by atoms with Crippen LogP contribution in [0.3, 0.4) is 0 Å². The summed E-state index contributed by atoms with van der Waals surface area (Å²) in [7, 11) is 1.68. The summed E-state index contributed by atoms with van der Waals surface area (Å²) >= 11 is 0. The fraction of sp³-hybridized carbons (Fsp3) is 0.500. The van der Waals surface area contributed by atoms with E-state index in [1.807, 2.05) is 18.2 Å². The second-order valence-corrected chi connectivity index (χ2v) is 10.2. The van der Waals surface area contributed by atoms with Crippen LogP contribution in [-0.2, 0) is 24.0 Å². The van der Waals surface area contributed by atoms with Crippen molar-refractivity contribution in [3.05, 3.63) is 64.0 Å². The van der Waals surface area contributed by atoms with Crippen molar-refractivity contribution in [1.29, 1.82) is 0 Å². The number of halogens is 3. The minimum absolute atomic E-state index is 0.00561. The number of aryl methyl sites for hydroxylation is 1. The van der Waals surface area contributed by atoms with E-state index < -0.39 is 11.7 Å². The highest BCUT2D eigenvalue weighted by Gasteiger charge is 2.37. The van der Waals surface area contributed by atoms with Gasteiger partial charge in [0.15, 0.2) is 0 Å². The standard InChI is InChI=1S/C28H32F3N3O2/c1-17-20(13-34-14-21(15-34)27(35)32-2)7-6-19-10-23(8-9-24(17)19)36-16-22-11-26(28(29,30)31)25(12-33-22)18-4-3-5-18/h8-12,18,21H,3-7,13-16H2,1-2H3,(H,32,35). The minimum atomic E-state index is -4.39. The second kappa shape index (κ2) is 9.88. The highest BCUT2D eigenvalue weighted by molar-refractivity contribution is 5.79. The Kier molecular flexibility index (Phi) is 6.81. The van der Waals surface area contributed by atoms with Crippen LogP contribution in [-0.4, -0.2) is 42.5 Å². The Balaban J connectivity index is 1.24. The van der Waals surface area contributed by atoms with Crippen molar-refractivity contribution in [3.63, 3.8) is 0 Å². The topological polar surface area (TPSA) is 54.5 Å². The predicted octanol–water partition coefficient (Wildman–Crippen LogP) is 5.34. The first-order valence-electron chi connectivity index (χ1n) is 12.7. The Morgan fingerprint density at radius 2 is 1.97 bits per heavy atom. The van der Waals surface area contributed by atoms with Crippen molar-refractivity contribution in [2.45, 2.75) is 57.7 Å². The van der Waals surface area contributed by atoms with E-state index in [2.05, 4.69) is 22.1 Å². The first-order chi connectivity index (χ1) is 17.2. The molecule has 2 aromatic rings. The molecular weight excluding hydrogens is 467 g/mol. The molecule has 2 fully saturated rings. The number of benzene rings is 1. The Morgan fingerprint density at radius 1 is 1.19 bits per heavy atom. The Labute approximate surface area is 209 Å². The van der Waals surface area contributed by atoms with Gasteiger partial charge in [-0.2, -0.15) is 13.2 Å². The average Bonchev–Trinajstić information content (AvgIpc) is 2.79. The van der Waals surface area contributed by atoms with Crippen molar-refractivity contribution in [1.82, 2.24) is 15.2 Å². The number of fused-ring (bicyclic) bond motifs is 1. The van der Waals surface area contributed by atoms with E-state index in [-0.39, 0.29) is 30.0 Å². The fourth-order valence-corrected chi connectivity index (χ4v) is 5.47. The van der Waals surface area contributed by atoms with Gasteiger partial charge < -0.3 is 10.1 Å². The first-order valence-corrected chi connectivity index (χ1v) is 12.7. The maximum Gasteiger partial charge on any atom is 0.416 e. The molecule has 2 aliphatic carbocycles. The summed E-state index contributed by atoms with van der Waals surface area (Å²) in [5.41, 5.74) is 5.04. The van der Waals surface area contributed by atoms with Crippen LogP contribution in [0.1, 0.15) is 66.5 Å². The lowest BCUT2D eigenvalue weighted by atomic mass is 9.78. The van der Waals surface area contributed by atoms with Crippen LogP contribution in [0.25, 0.3) is 5.57 Å². The number of hydrogen-bond donors (Lipinski definition) is 1. The van der Waals surface area contributed by atoms with Crippen LogP contribution in [0.5, 0.6) is 5.75 Å². The number of nitrogens with zero attached hydrogens (tertiary/aromatic N) is 2. The molecule has 1 saturated heterocycles. The lowest BCUT2D eigenvalue weighted by molar-refractivity contribution is -0.138. The number of rotatable bonds is 7. The van der Waals surface area contributed by atoms with Gasteiger partial charge in [-0.15, -0.1) is 0 Å². The van der Waals surface area contributed by atoms with Gasteiger partial charge in [0.1, 0.15) is 12.4 Å². The largest absolute Gasteiger partial charge is 0.487 e. The number of hydrogen-bond acceptors (Lipinski definition) is 4. The molecule has 192 valence electrons. The molecule has 36 heavy (non-hydrogen) atoms. The van der Waals surface area contributed by atoms with Gasteiger partial charge in [0.05, 0.1) is 17.2 Å². The molecule has 8 heteroatoms. The third kappa shape index (κ3) is 5.01. The van der Waals surface area contributed by atoms with Gasteiger partial charge in [0, 0.05) is 32.9 Å². The molecule has 0 spiro atoms. The van der Waals surface area contributed by atoms with Crippen LogP contribution in [0, 0.1) is 5.92 Å². The van der Waals surface area contributed by atoms with Crippen molar-refractivity contribution in [2.24, 2.45) is 5.92 Å². The van der Waals surface area contributed by atoms with E-state index in [0.29, 0.717) is 11.3 Å². The Hall–Kier alpha value is -2.87. The van der Waals surface area contributed by atoms with E-state index in [1.54, 1.807) is 7.05 Å². The number of aromatic nitrogens is 1. The lowest BCUT2D eigenvalue weighted by Gasteiger charge is -2.39. The monoisotopic (exact) mass is 499 g/mol. The van der Waals surface area contributed by atoms with Gasteiger partial charge in [-0.3, -0.25) is 14.7 Å². The van der Waals surface area contributed by atoms with Crippen LogP contribution < -0.4 is 10.1 Å². The van der Waals surface area contributed by atoms with E-state index in [0.717, 1.165) is 57.8 Å². The van der Waals surface area contributed by atoms with Crippen molar-refractivity contribution < 1.29 is 22.7 Å². The number of nitrogens with one attached hydrogen (secondary N) is 1. The molecule has 1 saturated carbocycles. The molecule has 1 aliphatic heterocycles. The van der Waals surface area contributed by atoms with Crippen LogP contribution >= 0.6 is 0 Å². The molecular formula is C28H32F3N3O2. The van der Waals surface area contributed by atoms with Gasteiger partial charge in [0.25, 0.3) is 0 Å². The van der Waals surface area contributed by atoms with Crippen molar-refractivity contribution in [2.75, 3.05) is 26.7 Å². The van der Waals surface area contributed by atoms with Crippen LogP contribution in [0.4, 0.5) is 13.2 Å². The predicted molar refractivity (Wildman–Crippen MR) is 132 cm³/mol. The van der Waals surface area contributed by atoms with Crippen molar-refractivity contribution in [3.8, 4) is 5.75 Å². The lowest BCUT2D eigenvalue weighted by Crippen LogP contribution is -2.53. The van der Waals surface area contributed by atoms with Gasteiger partial charge in [-0.05, 0) is 79.0 Å². The van der Waals surface area contributed by atoms with Gasteiger partial charge in [-0.25, -0.2) is 0 Å². The molecule has 0 unspecified atom stereocenters. The van der Waals surface area contributed by atoms with Crippen LogP contribution in [0.2, 0.25) is 0 Å². The summed E-state index contributed by atoms with van der Waals surface area (Å²) in [5, 5.41) is 2.72. The molecule has 0 radical (unpaired) electrons. The molecule has 1 amide bonds. The number of carbonyl (C=O) groups is 1. The third-order valence-corrected chi connectivity index (χ3v) is 7.92. The normalized spacial score (nSPS) is 18.9. The number of likely N-dealkylation sites (tertiary alicyclic amines) is 1. The summed E-state index contributed by atoms with van der Waals surface area (Å²) < 4.78 is 46.8. The Morgan fingerprint density at radius 3 is 2.64 bits per heavy atom. The number of pyridine rings is 1. The number of carbonyl (C=O) groups excluding carboxylic acids is 1. The zero-order chi connectivity index (χ0) is 25.4. The zero-order valence-corrected chi connectivity index (χ0v) is 20.8. The zero-order valence-electron chi connectivity index (χ0n) is 20.8. The number of amides is 1. The summed E-state index contributed by atoms with van der Waals surface area (Å²) in [6.45, 7) is 4.59. The van der Waals surface area contributed by atoms with Gasteiger partial charge in [0.2, 0.25) is 5.91 Å². The molecule has 1 N–H and O–H groups in total. The van der Waals surface area contributed by atoms with E-state index >= 15 is 0 Å². The molecule has 3 aliphatic rings. The van der Waals surface area contributed by atoms with Crippen LogP contribution in [0.15, 0.2) is 36.0 Å². The third-order valence-electron chi connectivity index (χ3n) is 7.92. The SMILES string of the molecule is CNC(=O)C1CN(CC2=C(C)c3ccc(OCc4cc(C(F)(F)F)c(C5CCC5)cn4)cc3CC2)C1. The van der Waals surface area contributed by atoms with E-state index in [4.69, 9.17) is 4.74 Å². The summed E-state index contributed by atoms with van der Waals surface area (Å²) in [6, 6.07) is 7.06. The maximum absolute atomic E-state index is 13.7. The minimum Gasteiger partial charge on any atom is -0.487 e. The summed E-state index contributed by atoms with van der Waals surface area (Å²) in [6.07, 6.45) is 1.39. The highest BCUT2D eigenvalue weighted by atomic mass is 19.4. The number of alkyl halides is 3. The fourth-order valence-electron chi connectivity index (χ4n) is 5.47. The second-order valence-electron chi connectivity index (χ2n) is 10.2. The van der Waals surface area contributed by atoms with Crippen molar-refractivity contribution >= 4 is 11.5 Å². The first kappa shape index (κ1) is 24.8. The maximum atomic E-state index is 13.7. The summed E-state index contributed by atoms with van der Waals surface area (Å²) in [4.78, 5) is 18.3. The molecule has 0 bridgehead atoms. The number of allylic oxidation sites excluding steroid dienone is 1. The Bertz CT molecular complexity index is 1180. The molecule has 2 heterocycles.